The van der Waals surface area contributed by atoms with Crippen molar-refractivity contribution in [2.45, 2.75) is 6.61 Å². The lowest BCUT2D eigenvalue weighted by molar-refractivity contribution is 0.273. The van der Waals surface area contributed by atoms with Crippen molar-refractivity contribution >= 4 is 0 Å². The molecule has 76 valence electrons. The van der Waals surface area contributed by atoms with E-state index in [0.717, 1.165) is 5.56 Å². The molecule has 0 atom stereocenters. The van der Waals surface area contributed by atoms with Crippen LogP contribution in [0.3, 0.4) is 0 Å². The van der Waals surface area contributed by atoms with Gasteiger partial charge >= 0.3 is 0 Å². The van der Waals surface area contributed by atoms with E-state index in [2.05, 4.69) is 6.58 Å². The normalized spacial score (nSPS) is 9.57. The van der Waals surface area contributed by atoms with Crippen LogP contribution >= 0.6 is 0 Å². The van der Waals surface area contributed by atoms with Gasteiger partial charge in [-0.1, -0.05) is 12.7 Å². The third-order valence-corrected chi connectivity index (χ3v) is 1.80. The van der Waals surface area contributed by atoms with Gasteiger partial charge in [0.2, 0.25) is 0 Å². The highest BCUT2D eigenvalue weighted by Crippen LogP contribution is 2.24. The SMILES string of the molecule is C=CCOc1ccc(CO)c(OC)c1. The molecule has 14 heavy (non-hydrogen) atoms. The van der Waals surface area contributed by atoms with E-state index in [1.165, 1.54) is 0 Å². The number of hydrogen-bond donors (Lipinski definition) is 1. The maximum absolute atomic E-state index is 8.98. The molecule has 1 rings (SSSR count). The molecule has 0 aliphatic carbocycles. The summed E-state index contributed by atoms with van der Waals surface area (Å²) in [6.45, 7) is 3.98. The summed E-state index contributed by atoms with van der Waals surface area (Å²) in [5.74, 6) is 1.34. The molecule has 0 saturated heterocycles. The minimum atomic E-state index is -0.0368. The molecule has 1 aromatic rings. The lowest BCUT2D eigenvalue weighted by Gasteiger charge is -2.09. The van der Waals surface area contributed by atoms with Crippen LogP contribution in [0.15, 0.2) is 30.9 Å². The number of aliphatic hydroxyl groups excluding tert-OH is 1. The molecule has 0 unspecified atom stereocenters. The van der Waals surface area contributed by atoms with Crippen LogP contribution < -0.4 is 9.47 Å². The Bertz CT molecular complexity index is 307. The first-order chi connectivity index (χ1) is 6.81. The molecule has 0 saturated carbocycles. The lowest BCUT2D eigenvalue weighted by atomic mass is 10.2. The summed E-state index contributed by atoms with van der Waals surface area (Å²) in [6, 6.07) is 5.31. The molecule has 0 heterocycles. The third-order valence-electron chi connectivity index (χ3n) is 1.80. The maximum Gasteiger partial charge on any atom is 0.128 e. The van der Waals surface area contributed by atoms with Gasteiger partial charge in [-0.2, -0.15) is 0 Å². The first kappa shape index (κ1) is 10.6. The Labute approximate surface area is 83.6 Å². The summed E-state index contributed by atoms with van der Waals surface area (Å²) in [5, 5.41) is 8.98. The first-order valence-electron chi connectivity index (χ1n) is 4.33. The van der Waals surface area contributed by atoms with Gasteiger partial charge in [0.1, 0.15) is 18.1 Å². The lowest BCUT2D eigenvalue weighted by Crippen LogP contribution is -1.96. The average molecular weight is 194 g/mol. The van der Waals surface area contributed by atoms with Gasteiger partial charge in [0.25, 0.3) is 0 Å². The van der Waals surface area contributed by atoms with Gasteiger partial charge in [0.05, 0.1) is 13.7 Å². The summed E-state index contributed by atoms with van der Waals surface area (Å²) in [5.41, 5.74) is 0.749. The van der Waals surface area contributed by atoms with E-state index in [9.17, 15) is 0 Å². The number of benzene rings is 1. The second-order valence-corrected chi connectivity index (χ2v) is 2.73. The van der Waals surface area contributed by atoms with Gasteiger partial charge in [-0.05, 0) is 12.1 Å². The summed E-state index contributed by atoms with van der Waals surface area (Å²) in [4.78, 5) is 0. The molecule has 1 N–H and O–H groups in total. The van der Waals surface area contributed by atoms with Gasteiger partial charge < -0.3 is 14.6 Å². The van der Waals surface area contributed by atoms with Crippen LogP contribution in [0.25, 0.3) is 0 Å². The molecule has 0 radical (unpaired) electrons. The van der Waals surface area contributed by atoms with Crippen molar-refractivity contribution < 1.29 is 14.6 Å². The Morgan fingerprint density at radius 3 is 2.86 bits per heavy atom. The minimum Gasteiger partial charge on any atom is -0.496 e. The molecule has 0 spiro atoms. The Hall–Kier alpha value is -1.48. The number of ether oxygens (including phenoxy) is 2. The largest absolute Gasteiger partial charge is 0.496 e. The summed E-state index contributed by atoms with van der Waals surface area (Å²) >= 11 is 0. The van der Waals surface area contributed by atoms with Crippen molar-refractivity contribution in [2.24, 2.45) is 0 Å². The van der Waals surface area contributed by atoms with E-state index in [1.54, 1.807) is 31.4 Å². The molecule has 0 bridgehead atoms. The van der Waals surface area contributed by atoms with Crippen LogP contribution in [0.4, 0.5) is 0 Å². The van der Waals surface area contributed by atoms with Crippen molar-refractivity contribution in [2.75, 3.05) is 13.7 Å². The first-order valence-corrected chi connectivity index (χ1v) is 4.33. The van der Waals surface area contributed by atoms with Crippen LogP contribution in [0.5, 0.6) is 11.5 Å². The molecule has 3 nitrogen and oxygen atoms in total. The Kier molecular flexibility index (Phi) is 4.01. The van der Waals surface area contributed by atoms with Crippen molar-refractivity contribution in [3.8, 4) is 11.5 Å². The molecular weight excluding hydrogens is 180 g/mol. The van der Waals surface area contributed by atoms with Gasteiger partial charge in [0, 0.05) is 11.6 Å². The molecule has 0 aliphatic rings. The molecule has 0 aromatic heterocycles. The summed E-state index contributed by atoms with van der Waals surface area (Å²) in [6.07, 6.45) is 1.67. The van der Waals surface area contributed by atoms with Crippen molar-refractivity contribution in [1.29, 1.82) is 0 Å². The maximum atomic E-state index is 8.98. The smallest absolute Gasteiger partial charge is 0.128 e. The monoisotopic (exact) mass is 194 g/mol. The molecule has 1 aromatic carbocycles. The fourth-order valence-electron chi connectivity index (χ4n) is 1.10. The number of hydrogen-bond acceptors (Lipinski definition) is 3. The predicted octanol–water partition coefficient (Wildman–Crippen LogP) is 1.75. The highest BCUT2D eigenvalue weighted by Gasteiger charge is 2.03. The molecule has 0 fully saturated rings. The highest BCUT2D eigenvalue weighted by atomic mass is 16.5. The van der Waals surface area contributed by atoms with Crippen LogP contribution in [0, 0.1) is 0 Å². The van der Waals surface area contributed by atoms with Gasteiger partial charge in [-0.3, -0.25) is 0 Å². The van der Waals surface area contributed by atoms with E-state index in [-0.39, 0.29) is 6.61 Å². The predicted molar refractivity (Wildman–Crippen MR) is 54.6 cm³/mol. The third kappa shape index (κ3) is 2.50. The standard InChI is InChI=1S/C11H14O3/c1-3-6-14-10-5-4-9(8-12)11(7-10)13-2/h3-5,7,12H,1,6,8H2,2H3. The Morgan fingerprint density at radius 1 is 1.50 bits per heavy atom. The van der Waals surface area contributed by atoms with Crippen molar-refractivity contribution in [1.82, 2.24) is 0 Å². The van der Waals surface area contributed by atoms with Gasteiger partial charge in [0.15, 0.2) is 0 Å². The van der Waals surface area contributed by atoms with E-state index >= 15 is 0 Å². The Morgan fingerprint density at radius 2 is 2.29 bits per heavy atom. The molecule has 3 heteroatoms. The summed E-state index contributed by atoms with van der Waals surface area (Å²) < 4.78 is 10.4. The average Bonchev–Trinajstić information content (AvgIpc) is 2.25. The van der Waals surface area contributed by atoms with Crippen LogP contribution in [0.1, 0.15) is 5.56 Å². The van der Waals surface area contributed by atoms with E-state index in [0.29, 0.717) is 18.1 Å². The summed E-state index contributed by atoms with van der Waals surface area (Å²) in [7, 11) is 1.56. The Balaban J connectivity index is 2.83. The molecular formula is C11H14O3. The zero-order valence-corrected chi connectivity index (χ0v) is 8.19. The van der Waals surface area contributed by atoms with Crippen molar-refractivity contribution in [3.63, 3.8) is 0 Å². The van der Waals surface area contributed by atoms with E-state index in [4.69, 9.17) is 14.6 Å². The fraction of sp³-hybridized carbons (Fsp3) is 0.273. The zero-order chi connectivity index (χ0) is 10.4. The second kappa shape index (κ2) is 5.29. The minimum absolute atomic E-state index is 0.0368. The van der Waals surface area contributed by atoms with E-state index < -0.39 is 0 Å². The van der Waals surface area contributed by atoms with Gasteiger partial charge in [-0.25, -0.2) is 0 Å². The van der Waals surface area contributed by atoms with Crippen LogP contribution in [-0.4, -0.2) is 18.8 Å². The molecule has 0 amide bonds. The van der Waals surface area contributed by atoms with Gasteiger partial charge in [-0.15, -0.1) is 0 Å². The second-order valence-electron chi connectivity index (χ2n) is 2.73. The molecule has 0 aliphatic heterocycles. The van der Waals surface area contributed by atoms with E-state index in [1.807, 2.05) is 0 Å². The number of aliphatic hydroxyl groups is 1. The van der Waals surface area contributed by atoms with Crippen LogP contribution in [-0.2, 0) is 6.61 Å². The van der Waals surface area contributed by atoms with Crippen LogP contribution in [0.2, 0.25) is 0 Å². The fourth-order valence-corrected chi connectivity index (χ4v) is 1.10. The zero-order valence-electron chi connectivity index (χ0n) is 8.19. The number of methoxy groups -OCH3 is 1. The van der Waals surface area contributed by atoms with Crippen molar-refractivity contribution in [3.05, 3.63) is 36.4 Å². The quantitative estimate of drug-likeness (QED) is 0.726. The highest BCUT2D eigenvalue weighted by molar-refractivity contribution is 5.40. The number of rotatable bonds is 5. The topological polar surface area (TPSA) is 38.7 Å².